The molecule has 0 spiro atoms. The Balaban J connectivity index is 2.99. The molecule has 0 saturated carbocycles. The van der Waals surface area contributed by atoms with Gasteiger partial charge in [-0.15, -0.1) is 12.3 Å². The Kier molecular flexibility index (Phi) is 4.63. The molecule has 1 unspecified atom stereocenters. The minimum atomic E-state index is -0.0116. The first-order valence-electron chi connectivity index (χ1n) is 4.03. The summed E-state index contributed by atoms with van der Waals surface area (Å²) in [5, 5.41) is 0. The second kappa shape index (κ2) is 5.52. The second-order valence-electron chi connectivity index (χ2n) is 2.79. The Hall–Kier alpha value is -0.340. The minimum Gasteiger partial charge on any atom is -0.271 e. The third-order valence-corrected chi connectivity index (χ3v) is 3.04. The fourth-order valence-electron chi connectivity index (χ4n) is 1.16. The molecular weight excluding hydrogens is 308 g/mol. The van der Waals surface area contributed by atoms with Crippen molar-refractivity contribution in [3.63, 3.8) is 0 Å². The molecule has 0 bridgehead atoms. The fraction of sp³-hybridized carbons (Fsp3) is 0.200. The summed E-state index contributed by atoms with van der Waals surface area (Å²) in [7, 11) is 0. The van der Waals surface area contributed by atoms with Crippen LogP contribution in [0.2, 0.25) is 0 Å². The number of halogens is 2. The first-order chi connectivity index (χ1) is 6.69. The fourth-order valence-corrected chi connectivity index (χ4v) is 2.48. The lowest BCUT2D eigenvalue weighted by molar-refractivity contribution is 0.566. The highest BCUT2D eigenvalue weighted by Crippen LogP contribution is 2.27. The van der Waals surface area contributed by atoms with Crippen molar-refractivity contribution < 1.29 is 0 Å². The maximum absolute atomic E-state index is 5.42. The van der Waals surface area contributed by atoms with Gasteiger partial charge in [0.15, 0.2) is 0 Å². The molecule has 1 aromatic carbocycles. The lowest BCUT2D eigenvalue weighted by atomic mass is 10.1. The van der Waals surface area contributed by atoms with E-state index in [-0.39, 0.29) is 6.04 Å². The monoisotopic (exact) mass is 316 g/mol. The standard InChI is InChI=1S/C10H10Br2N2/c1-2-3-10(14-13)8-5-4-7(11)6-9(8)12/h1,4-6,10,14H,3,13H2. The van der Waals surface area contributed by atoms with E-state index >= 15 is 0 Å². The van der Waals surface area contributed by atoms with Crippen LogP contribution in [0.5, 0.6) is 0 Å². The van der Waals surface area contributed by atoms with Gasteiger partial charge in [0.1, 0.15) is 0 Å². The van der Waals surface area contributed by atoms with Gasteiger partial charge in [0, 0.05) is 15.4 Å². The maximum Gasteiger partial charge on any atom is 0.0580 e. The van der Waals surface area contributed by atoms with Gasteiger partial charge in [0.05, 0.1) is 6.04 Å². The SMILES string of the molecule is C#CCC(NN)c1ccc(Br)cc1Br. The summed E-state index contributed by atoms with van der Waals surface area (Å²) in [5.74, 6) is 8.00. The lowest BCUT2D eigenvalue weighted by Crippen LogP contribution is -2.27. The van der Waals surface area contributed by atoms with Crippen LogP contribution in [-0.4, -0.2) is 0 Å². The predicted octanol–water partition coefficient (Wildman–Crippen LogP) is 2.74. The first kappa shape index (κ1) is 11.7. The van der Waals surface area contributed by atoms with E-state index in [1.54, 1.807) is 0 Å². The summed E-state index contributed by atoms with van der Waals surface area (Å²) in [6.07, 6.45) is 5.82. The molecule has 74 valence electrons. The van der Waals surface area contributed by atoms with Crippen LogP contribution in [0.4, 0.5) is 0 Å². The van der Waals surface area contributed by atoms with Crippen molar-refractivity contribution in [2.45, 2.75) is 12.5 Å². The molecule has 1 atom stereocenters. The van der Waals surface area contributed by atoms with Gasteiger partial charge in [0.25, 0.3) is 0 Å². The Labute approximate surface area is 100 Å². The van der Waals surface area contributed by atoms with E-state index in [9.17, 15) is 0 Å². The summed E-state index contributed by atoms with van der Waals surface area (Å²) in [4.78, 5) is 0. The Morgan fingerprint density at radius 3 is 2.71 bits per heavy atom. The highest BCUT2D eigenvalue weighted by molar-refractivity contribution is 9.11. The van der Waals surface area contributed by atoms with Gasteiger partial charge in [-0.05, 0) is 17.7 Å². The molecule has 4 heteroatoms. The van der Waals surface area contributed by atoms with Gasteiger partial charge in [-0.1, -0.05) is 37.9 Å². The topological polar surface area (TPSA) is 38.0 Å². The number of hydrazine groups is 1. The molecule has 1 rings (SSSR count). The van der Waals surface area contributed by atoms with E-state index in [1.165, 1.54) is 0 Å². The van der Waals surface area contributed by atoms with Crippen molar-refractivity contribution in [3.05, 3.63) is 32.7 Å². The Morgan fingerprint density at radius 2 is 2.21 bits per heavy atom. The van der Waals surface area contributed by atoms with Crippen molar-refractivity contribution in [2.75, 3.05) is 0 Å². The largest absolute Gasteiger partial charge is 0.271 e. The van der Waals surface area contributed by atoms with E-state index < -0.39 is 0 Å². The number of nitrogens with one attached hydrogen (secondary N) is 1. The molecule has 0 radical (unpaired) electrons. The minimum absolute atomic E-state index is 0.0116. The molecular formula is C10H10Br2N2. The van der Waals surface area contributed by atoms with E-state index in [0.717, 1.165) is 14.5 Å². The predicted molar refractivity (Wildman–Crippen MR) is 65.4 cm³/mol. The quantitative estimate of drug-likeness (QED) is 0.511. The molecule has 14 heavy (non-hydrogen) atoms. The van der Waals surface area contributed by atoms with Crippen LogP contribution >= 0.6 is 31.9 Å². The molecule has 0 aromatic heterocycles. The van der Waals surface area contributed by atoms with Gasteiger partial charge in [-0.3, -0.25) is 11.3 Å². The molecule has 0 aliphatic carbocycles. The van der Waals surface area contributed by atoms with Crippen LogP contribution in [0.25, 0.3) is 0 Å². The number of terminal acetylenes is 1. The zero-order valence-corrected chi connectivity index (χ0v) is 10.6. The van der Waals surface area contributed by atoms with Crippen LogP contribution in [0.15, 0.2) is 27.1 Å². The number of hydrogen-bond donors (Lipinski definition) is 2. The maximum atomic E-state index is 5.42. The summed E-state index contributed by atoms with van der Waals surface area (Å²) in [6, 6.07) is 5.90. The summed E-state index contributed by atoms with van der Waals surface area (Å²) in [5.41, 5.74) is 3.76. The molecule has 2 nitrogen and oxygen atoms in total. The molecule has 0 aliphatic rings. The smallest absolute Gasteiger partial charge is 0.0580 e. The molecule has 0 heterocycles. The lowest BCUT2D eigenvalue weighted by Gasteiger charge is -2.15. The van der Waals surface area contributed by atoms with Crippen LogP contribution in [-0.2, 0) is 0 Å². The van der Waals surface area contributed by atoms with Gasteiger partial charge in [-0.25, -0.2) is 0 Å². The molecule has 1 aromatic rings. The van der Waals surface area contributed by atoms with Crippen LogP contribution in [0.3, 0.4) is 0 Å². The van der Waals surface area contributed by atoms with Crippen molar-refractivity contribution in [2.24, 2.45) is 5.84 Å². The van der Waals surface area contributed by atoms with Gasteiger partial charge >= 0.3 is 0 Å². The van der Waals surface area contributed by atoms with Crippen molar-refractivity contribution in [3.8, 4) is 12.3 Å². The van der Waals surface area contributed by atoms with Crippen LogP contribution in [0.1, 0.15) is 18.0 Å². The average molecular weight is 318 g/mol. The second-order valence-corrected chi connectivity index (χ2v) is 4.56. The first-order valence-corrected chi connectivity index (χ1v) is 5.62. The molecule has 0 saturated heterocycles. The average Bonchev–Trinajstić information content (AvgIpc) is 2.15. The Morgan fingerprint density at radius 1 is 1.50 bits per heavy atom. The number of benzene rings is 1. The van der Waals surface area contributed by atoms with E-state index in [0.29, 0.717) is 6.42 Å². The summed E-state index contributed by atoms with van der Waals surface area (Å²) in [6.45, 7) is 0. The molecule has 0 amide bonds. The Bertz CT molecular complexity index is 358. The zero-order chi connectivity index (χ0) is 10.6. The van der Waals surface area contributed by atoms with E-state index in [2.05, 4.69) is 43.2 Å². The van der Waals surface area contributed by atoms with Crippen molar-refractivity contribution in [1.82, 2.24) is 5.43 Å². The molecule has 3 N–H and O–H groups in total. The summed E-state index contributed by atoms with van der Waals surface area (Å²) < 4.78 is 2.01. The number of nitrogens with two attached hydrogens (primary N) is 1. The molecule has 0 fully saturated rings. The van der Waals surface area contributed by atoms with Gasteiger partial charge in [0.2, 0.25) is 0 Å². The number of rotatable bonds is 3. The third kappa shape index (κ3) is 2.82. The van der Waals surface area contributed by atoms with E-state index in [4.69, 9.17) is 12.3 Å². The molecule has 0 aliphatic heterocycles. The zero-order valence-electron chi connectivity index (χ0n) is 7.43. The summed E-state index contributed by atoms with van der Waals surface area (Å²) >= 11 is 6.85. The van der Waals surface area contributed by atoms with Gasteiger partial charge < -0.3 is 0 Å². The van der Waals surface area contributed by atoms with Crippen LogP contribution < -0.4 is 11.3 Å². The highest BCUT2D eigenvalue weighted by atomic mass is 79.9. The number of hydrogen-bond acceptors (Lipinski definition) is 2. The van der Waals surface area contributed by atoms with Crippen LogP contribution in [0, 0.1) is 12.3 Å². The van der Waals surface area contributed by atoms with Crippen molar-refractivity contribution in [1.29, 1.82) is 0 Å². The van der Waals surface area contributed by atoms with Gasteiger partial charge in [-0.2, -0.15) is 0 Å². The third-order valence-electron chi connectivity index (χ3n) is 1.86. The van der Waals surface area contributed by atoms with Crippen molar-refractivity contribution >= 4 is 31.9 Å². The van der Waals surface area contributed by atoms with E-state index in [1.807, 2.05) is 18.2 Å². The normalized spacial score (nSPS) is 12.1. The highest BCUT2D eigenvalue weighted by Gasteiger charge is 2.11.